The molecular weight excluding hydrogens is 679 g/mol. The first-order valence-corrected chi connectivity index (χ1v) is 17.4. The number of amides is 4. The normalized spacial score (nSPS) is 21.1. The van der Waals surface area contributed by atoms with Gasteiger partial charge in [0.2, 0.25) is 11.8 Å². The number of aromatic amines is 1. The molecule has 51 heavy (non-hydrogen) atoms. The number of carbonyl (C=O) groups is 4. The number of imide groups is 2. The zero-order chi connectivity index (χ0) is 35.6. The Kier molecular flexibility index (Phi) is 8.23. The maximum absolute atomic E-state index is 15.3. The molecule has 2 aromatic carbocycles. The molecule has 1 unspecified atom stereocenters. The van der Waals surface area contributed by atoms with Gasteiger partial charge in [0, 0.05) is 68.9 Å². The van der Waals surface area contributed by atoms with E-state index in [-0.39, 0.29) is 41.6 Å². The molecule has 264 valence electrons. The summed E-state index contributed by atoms with van der Waals surface area (Å²) in [5, 5.41) is 10.3. The van der Waals surface area contributed by atoms with Crippen molar-refractivity contribution in [2.75, 3.05) is 49.1 Å². The summed E-state index contributed by atoms with van der Waals surface area (Å²) in [4.78, 5) is 67.1. The number of rotatable bonds is 6. The van der Waals surface area contributed by atoms with E-state index in [4.69, 9.17) is 27.3 Å². The van der Waals surface area contributed by atoms with Crippen molar-refractivity contribution in [3.05, 3.63) is 64.1 Å². The topological polar surface area (TPSA) is 174 Å². The quantitative estimate of drug-likeness (QED) is 0.251. The number of H-pyrrole nitrogens is 1. The molecule has 14 nitrogen and oxygen atoms in total. The fourth-order valence-corrected chi connectivity index (χ4v) is 7.71. The largest absolute Gasteiger partial charge is 0.368 e. The Labute approximate surface area is 297 Å². The van der Waals surface area contributed by atoms with Crippen LogP contribution in [0.3, 0.4) is 0 Å². The van der Waals surface area contributed by atoms with Crippen LogP contribution in [0.25, 0.3) is 22.4 Å². The van der Waals surface area contributed by atoms with Crippen LogP contribution >= 0.6 is 11.6 Å². The number of fused-ring (bicyclic) bond motifs is 2. The Morgan fingerprint density at radius 3 is 2.43 bits per heavy atom. The van der Waals surface area contributed by atoms with E-state index >= 15 is 4.39 Å². The van der Waals surface area contributed by atoms with E-state index in [1.54, 1.807) is 6.20 Å². The Balaban J connectivity index is 0.944. The molecule has 0 saturated carbocycles. The number of hydrogen-bond donors (Lipinski definition) is 3. The lowest BCUT2D eigenvalue weighted by Gasteiger charge is -2.37. The maximum atomic E-state index is 15.3. The van der Waals surface area contributed by atoms with Gasteiger partial charge in [-0.3, -0.25) is 39.4 Å². The fourth-order valence-electron chi connectivity index (χ4n) is 7.37. The fraction of sp³-hybridized carbons (Fsp3) is 0.400. The zero-order valence-corrected chi connectivity index (χ0v) is 28.7. The van der Waals surface area contributed by atoms with Crippen LogP contribution in [0.5, 0.6) is 0 Å². The summed E-state index contributed by atoms with van der Waals surface area (Å²) in [5.41, 5.74) is 9.78. The third-order valence-electron chi connectivity index (χ3n) is 10.4. The highest BCUT2D eigenvalue weighted by Gasteiger charge is 2.45. The Morgan fingerprint density at radius 2 is 1.71 bits per heavy atom. The Bertz CT molecular complexity index is 2100. The van der Waals surface area contributed by atoms with Crippen molar-refractivity contribution in [1.82, 2.24) is 35.3 Å². The van der Waals surface area contributed by atoms with Crippen molar-refractivity contribution < 1.29 is 23.6 Å². The van der Waals surface area contributed by atoms with Crippen molar-refractivity contribution in [2.45, 2.75) is 50.7 Å². The Morgan fingerprint density at radius 1 is 0.980 bits per heavy atom. The average molecular weight is 715 g/mol. The molecule has 4 N–H and O–H groups in total. The standard InChI is InChI=1S/C35H36ClFN10O4/c1-35(38)7-9-46(10-8-35)26-17-39-30-29(42-43-31(30)40-26)20-3-2-4-24(28(20)36)45-13-11-44(12-14-45)18-19-15-21-22(16-23(19)37)34(51)47(33(21)50)25-5-6-27(48)41-32(25)49/h2-4,15-17,25H,5-14,18,38H2,1H3,(H,40,42,43)(H,41,48,49). The minimum atomic E-state index is -1.11. The molecule has 4 aromatic rings. The van der Waals surface area contributed by atoms with Crippen molar-refractivity contribution >= 4 is 57.9 Å². The van der Waals surface area contributed by atoms with E-state index in [0.29, 0.717) is 48.1 Å². The van der Waals surface area contributed by atoms with Crippen molar-refractivity contribution in [1.29, 1.82) is 0 Å². The van der Waals surface area contributed by atoms with Crippen LogP contribution in [-0.2, 0) is 16.1 Å². The molecule has 2 aromatic heterocycles. The summed E-state index contributed by atoms with van der Waals surface area (Å²) < 4.78 is 15.3. The first kappa shape index (κ1) is 33.2. The highest BCUT2D eigenvalue weighted by Crippen LogP contribution is 2.38. The van der Waals surface area contributed by atoms with Crippen LogP contribution < -0.4 is 20.9 Å². The summed E-state index contributed by atoms with van der Waals surface area (Å²) >= 11 is 7.03. The number of nitrogens with zero attached hydrogens (tertiary/aromatic N) is 7. The number of benzene rings is 2. The molecule has 16 heteroatoms. The van der Waals surface area contributed by atoms with Crippen molar-refractivity contribution in [3.8, 4) is 11.3 Å². The van der Waals surface area contributed by atoms with E-state index in [2.05, 4.69) is 37.1 Å². The van der Waals surface area contributed by atoms with Gasteiger partial charge in [-0.25, -0.2) is 14.4 Å². The number of piperidine rings is 2. The first-order chi connectivity index (χ1) is 24.5. The van der Waals surface area contributed by atoms with Gasteiger partial charge in [-0.2, -0.15) is 5.10 Å². The molecule has 0 spiro atoms. The smallest absolute Gasteiger partial charge is 0.262 e. The van der Waals surface area contributed by atoms with E-state index in [0.717, 1.165) is 54.0 Å². The van der Waals surface area contributed by atoms with Gasteiger partial charge in [-0.1, -0.05) is 23.7 Å². The zero-order valence-electron chi connectivity index (χ0n) is 27.9. The van der Waals surface area contributed by atoms with Crippen LogP contribution in [0.15, 0.2) is 36.5 Å². The predicted octanol–water partition coefficient (Wildman–Crippen LogP) is 2.85. The lowest BCUT2D eigenvalue weighted by Crippen LogP contribution is -2.54. The molecule has 1 atom stereocenters. The van der Waals surface area contributed by atoms with Crippen molar-refractivity contribution in [2.24, 2.45) is 5.73 Å². The number of carbonyl (C=O) groups excluding carboxylic acids is 4. The van der Waals surface area contributed by atoms with E-state index in [1.165, 1.54) is 6.07 Å². The van der Waals surface area contributed by atoms with Crippen LogP contribution in [0, 0.1) is 5.82 Å². The lowest BCUT2D eigenvalue weighted by molar-refractivity contribution is -0.136. The summed E-state index contributed by atoms with van der Waals surface area (Å²) in [7, 11) is 0. The summed E-state index contributed by atoms with van der Waals surface area (Å²) in [6, 6.07) is 7.17. The molecule has 4 aliphatic heterocycles. The summed E-state index contributed by atoms with van der Waals surface area (Å²) in [5.74, 6) is -2.39. The lowest BCUT2D eigenvalue weighted by atomic mass is 9.91. The molecule has 0 bridgehead atoms. The number of aromatic nitrogens is 4. The van der Waals surface area contributed by atoms with Gasteiger partial charge in [0.15, 0.2) is 5.65 Å². The Hall–Kier alpha value is -4.99. The average Bonchev–Trinajstić information content (AvgIpc) is 3.63. The van der Waals surface area contributed by atoms with Gasteiger partial charge >= 0.3 is 0 Å². The first-order valence-electron chi connectivity index (χ1n) is 17.0. The minimum Gasteiger partial charge on any atom is -0.368 e. The molecule has 0 radical (unpaired) electrons. The number of nitrogens with two attached hydrogens (primary N) is 1. The third kappa shape index (κ3) is 5.98. The second kappa shape index (κ2) is 12.7. The van der Waals surface area contributed by atoms with E-state index in [1.807, 2.05) is 18.2 Å². The van der Waals surface area contributed by atoms with E-state index < -0.39 is 35.5 Å². The summed E-state index contributed by atoms with van der Waals surface area (Å²) in [6.07, 6.45) is 3.56. The second-order valence-electron chi connectivity index (χ2n) is 14.0. The SMILES string of the molecule is CC1(N)CCN(c2cnc3c(-c4cccc(N5CCN(Cc6cc7c(cc6F)C(=O)N(C6CCC(=O)NC6=O)C7=O)CC5)c4Cl)n[nH]c3n2)CC1. The molecule has 0 aliphatic carbocycles. The van der Waals surface area contributed by atoms with Gasteiger partial charge in [0.05, 0.1) is 28.0 Å². The number of anilines is 2. The van der Waals surface area contributed by atoms with Crippen molar-refractivity contribution in [3.63, 3.8) is 0 Å². The number of hydrogen-bond acceptors (Lipinski definition) is 11. The van der Waals surface area contributed by atoms with Crippen LogP contribution in [0.1, 0.15) is 58.9 Å². The summed E-state index contributed by atoms with van der Waals surface area (Å²) in [6.45, 7) is 6.32. The van der Waals surface area contributed by atoms with Gasteiger partial charge in [0.25, 0.3) is 11.8 Å². The van der Waals surface area contributed by atoms with E-state index in [9.17, 15) is 19.2 Å². The van der Waals surface area contributed by atoms with Gasteiger partial charge in [-0.05, 0) is 44.4 Å². The molecule has 3 saturated heterocycles. The van der Waals surface area contributed by atoms with Crippen LogP contribution in [-0.4, -0.2) is 104 Å². The minimum absolute atomic E-state index is 0.00909. The monoisotopic (exact) mass is 714 g/mol. The van der Waals surface area contributed by atoms with Crippen LogP contribution in [0.4, 0.5) is 15.9 Å². The molecular formula is C35H36ClFN10O4. The predicted molar refractivity (Wildman–Crippen MR) is 187 cm³/mol. The second-order valence-corrected chi connectivity index (χ2v) is 14.4. The third-order valence-corrected chi connectivity index (χ3v) is 10.8. The number of nitrogens with one attached hydrogen (secondary N) is 2. The highest BCUT2D eigenvalue weighted by atomic mass is 35.5. The number of piperazine rings is 1. The van der Waals surface area contributed by atoms with Crippen LogP contribution in [0.2, 0.25) is 5.02 Å². The molecule has 6 heterocycles. The molecule has 4 aliphatic rings. The van der Waals surface area contributed by atoms with Gasteiger partial charge < -0.3 is 15.5 Å². The highest BCUT2D eigenvalue weighted by molar-refractivity contribution is 6.36. The maximum Gasteiger partial charge on any atom is 0.262 e. The number of halogens is 2. The van der Waals surface area contributed by atoms with Gasteiger partial charge in [-0.15, -0.1) is 0 Å². The molecule has 8 rings (SSSR count). The van der Waals surface area contributed by atoms with Gasteiger partial charge in [0.1, 0.15) is 28.9 Å². The molecule has 4 amide bonds. The molecule has 3 fully saturated rings.